The minimum Gasteiger partial charge on any atom is -0.477 e. The van der Waals surface area contributed by atoms with Gasteiger partial charge in [-0.3, -0.25) is 5.32 Å². The number of hydrogen-bond donors (Lipinski definition) is 4. The first kappa shape index (κ1) is 22.2. The number of benzene rings is 1. The molecule has 2 heterocycles. The van der Waals surface area contributed by atoms with Crippen LogP contribution in [0.1, 0.15) is 15.9 Å². The molecular weight excluding hydrogens is 446 g/mol. The summed E-state index contributed by atoms with van der Waals surface area (Å²) < 4.78 is 41.9. The minimum atomic E-state index is -1.41. The van der Waals surface area contributed by atoms with Gasteiger partial charge in [0.05, 0.1) is 17.7 Å². The molecule has 1 aliphatic heterocycles. The molecule has 2 aromatic rings. The van der Waals surface area contributed by atoms with Gasteiger partial charge >= 0.3 is 12.0 Å². The number of carboxylic acids is 1. The Hall–Kier alpha value is -2.54. The van der Waals surface area contributed by atoms with E-state index in [1.807, 2.05) is 0 Å². The average molecular weight is 463 g/mol. The maximum atomic E-state index is 13.9. The van der Waals surface area contributed by atoms with Crippen LogP contribution in [0, 0.1) is 11.6 Å². The quantitative estimate of drug-likeness (QED) is 0.466. The monoisotopic (exact) mass is 462 g/mol. The fourth-order valence-corrected chi connectivity index (χ4v) is 3.45. The number of ether oxygens (including phenoxy) is 2. The van der Waals surface area contributed by atoms with Gasteiger partial charge in [-0.1, -0.05) is 11.6 Å². The molecule has 4 N–H and O–H groups in total. The van der Waals surface area contributed by atoms with E-state index < -0.39 is 35.8 Å². The van der Waals surface area contributed by atoms with E-state index in [0.717, 1.165) is 18.7 Å². The first-order chi connectivity index (χ1) is 14.3. The van der Waals surface area contributed by atoms with Crippen LogP contribution in [0.25, 0.3) is 0 Å². The fraction of sp³-hybridized carbons (Fsp3) is 0.353. The molecule has 1 aromatic heterocycles. The fourth-order valence-electron chi connectivity index (χ4n) is 2.57. The van der Waals surface area contributed by atoms with Gasteiger partial charge in [-0.15, -0.1) is 0 Å². The van der Waals surface area contributed by atoms with Crippen LogP contribution in [0.15, 0.2) is 12.1 Å². The van der Waals surface area contributed by atoms with Gasteiger partial charge in [0.1, 0.15) is 23.2 Å². The summed E-state index contributed by atoms with van der Waals surface area (Å²) in [4.78, 5) is 23.7. The van der Waals surface area contributed by atoms with E-state index in [2.05, 4.69) is 20.3 Å². The molecule has 13 heteroatoms. The summed E-state index contributed by atoms with van der Waals surface area (Å²) in [6.07, 6.45) is -0.196. The van der Waals surface area contributed by atoms with E-state index in [4.69, 9.17) is 21.1 Å². The number of rotatable bonds is 7. The molecule has 9 nitrogen and oxygen atoms in total. The number of anilines is 1. The zero-order chi connectivity index (χ0) is 21.7. The predicted molar refractivity (Wildman–Crippen MR) is 104 cm³/mol. The number of amides is 2. The highest BCUT2D eigenvalue weighted by molar-refractivity contribution is 7.11. The van der Waals surface area contributed by atoms with Gasteiger partial charge in [0.2, 0.25) is 5.88 Å². The number of nitrogens with one attached hydrogen (secondary N) is 3. The normalized spacial score (nSPS) is 16.2. The molecule has 1 saturated heterocycles. The van der Waals surface area contributed by atoms with Crippen LogP contribution in [0.3, 0.4) is 0 Å². The Morgan fingerprint density at radius 2 is 2.20 bits per heavy atom. The Labute approximate surface area is 178 Å². The van der Waals surface area contributed by atoms with Crippen molar-refractivity contribution in [3.8, 4) is 5.88 Å². The molecule has 1 atom stereocenters. The third-order valence-corrected chi connectivity index (χ3v) is 5.09. The largest absolute Gasteiger partial charge is 0.477 e. The predicted octanol–water partition coefficient (Wildman–Crippen LogP) is 2.46. The average Bonchev–Trinajstić information content (AvgIpc) is 3.11. The van der Waals surface area contributed by atoms with E-state index in [0.29, 0.717) is 24.7 Å². The molecule has 0 aliphatic carbocycles. The first-order valence-corrected chi connectivity index (χ1v) is 9.86. The molecule has 0 saturated carbocycles. The van der Waals surface area contributed by atoms with Crippen molar-refractivity contribution in [3.05, 3.63) is 39.9 Å². The highest BCUT2D eigenvalue weighted by Crippen LogP contribution is 2.31. The lowest BCUT2D eigenvalue weighted by atomic mass is 10.2. The third-order valence-electron chi connectivity index (χ3n) is 4.05. The maximum Gasteiger partial charge on any atom is 0.344 e. The van der Waals surface area contributed by atoms with Crippen LogP contribution in [-0.2, 0) is 11.3 Å². The molecule has 30 heavy (non-hydrogen) atoms. The number of aromatic carboxylic acids is 1. The molecule has 1 unspecified atom stereocenters. The lowest BCUT2D eigenvalue weighted by molar-refractivity contribution is 0.0310. The van der Waals surface area contributed by atoms with Crippen LogP contribution >= 0.6 is 23.1 Å². The summed E-state index contributed by atoms with van der Waals surface area (Å²) in [6.45, 7) is 1.60. The standard InChI is InChI=1S/C17H17ClF2N4O5S/c18-10-4-11(19)8(3-12(10)20)7-29-14-13(16(25)26)15(30-24-14)23-17(27)22-6-9-5-21-1-2-28-9/h3-4,9,21H,1-2,5-7H2,(H,25,26)(H2,22,23,27). The third kappa shape index (κ3) is 5.53. The second-order valence-electron chi connectivity index (χ2n) is 6.18. The molecule has 1 fully saturated rings. The van der Waals surface area contributed by atoms with Crippen molar-refractivity contribution < 1.29 is 33.0 Å². The van der Waals surface area contributed by atoms with E-state index >= 15 is 0 Å². The number of aromatic nitrogens is 1. The van der Waals surface area contributed by atoms with E-state index in [-0.39, 0.29) is 34.1 Å². The summed E-state index contributed by atoms with van der Waals surface area (Å²) in [7, 11) is 0. The maximum absolute atomic E-state index is 13.9. The van der Waals surface area contributed by atoms with Gasteiger partial charge in [-0.25, -0.2) is 18.4 Å². The molecule has 2 amide bonds. The number of hydrogen-bond acceptors (Lipinski definition) is 7. The number of morpholine rings is 1. The number of nitrogens with zero attached hydrogens (tertiary/aromatic N) is 1. The minimum absolute atomic E-state index is 0.0690. The Bertz CT molecular complexity index is 939. The van der Waals surface area contributed by atoms with E-state index in [1.54, 1.807) is 0 Å². The van der Waals surface area contributed by atoms with Crippen LogP contribution in [0.5, 0.6) is 5.88 Å². The SMILES string of the molecule is O=C(NCC1CNCCO1)Nc1snc(OCc2cc(F)c(Cl)cc2F)c1C(=O)O. The summed E-state index contributed by atoms with van der Waals surface area (Å²) >= 11 is 6.17. The van der Waals surface area contributed by atoms with Crippen molar-refractivity contribution in [3.63, 3.8) is 0 Å². The van der Waals surface area contributed by atoms with Gasteiger partial charge in [0.15, 0.2) is 5.56 Å². The van der Waals surface area contributed by atoms with Crippen molar-refractivity contribution in [2.24, 2.45) is 0 Å². The van der Waals surface area contributed by atoms with Gasteiger partial charge < -0.3 is 25.2 Å². The molecule has 0 bridgehead atoms. The zero-order valence-electron chi connectivity index (χ0n) is 15.3. The van der Waals surface area contributed by atoms with Gasteiger partial charge in [0, 0.05) is 25.2 Å². The van der Waals surface area contributed by atoms with Gasteiger partial charge in [-0.2, -0.15) is 4.37 Å². The highest BCUT2D eigenvalue weighted by Gasteiger charge is 2.24. The molecule has 0 spiro atoms. The number of urea groups is 1. The van der Waals surface area contributed by atoms with Crippen LogP contribution in [0.2, 0.25) is 5.02 Å². The summed E-state index contributed by atoms with van der Waals surface area (Å²) in [5.74, 6) is -3.40. The lowest BCUT2D eigenvalue weighted by Gasteiger charge is -2.23. The van der Waals surface area contributed by atoms with Crippen LogP contribution < -0.4 is 20.7 Å². The Kier molecular flexibility index (Phi) is 7.37. The number of carbonyl (C=O) groups is 2. The summed E-state index contributed by atoms with van der Waals surface area (Å²) in [6, 6.07) is 0.990. The second-order valence-corrected chi connectivity index (χ2v) is 7.36. The molecule has 1 aromatic carbocycles. The van der Waals surface area contributed by atoms with Gasteiger partial charge in [-0.05, 0) is 23.7 Å². The summed E-state index contributed by atoms with van der Waals surface area (Å²) in [5, 5.41) is 17.1. The molecule has 0 radical (unpaired) electrons. The van der Waals surface area contributed by atoms with Crippen molar-refractivity contribution in [2.75, 3.05) is 31.6 Å². The van der Waals surface area contributed by atoms with Crippen molar-refractivity contribution in [1.29, 1.82) is 0 Å². The topological polar surface area (TPSA) is 122 Å². The summed E-state index contributed by atoms with van der Waals surface area (Å²) in [5.41, 5.74) is -0.574. The Morgan fingerprint density at radius 3 is 2.90 bits per heavy atom. The van der Waals surface area contributed by atoms with E-state index in [9.17, 15) is 23.5 Å². The molecule has 3 rings (SSSR count). The van der Waals surface area contributed by atoms with Crippen molar-refractivity contribution in [2.45, 2.75) is 12.7 Å². The van der Waals surface area contributed by atoms with Crippen LogP contribution in [-0.4, -0.2) is 53.8 Å². The number of halogens is 3. The molecule has 1 aliphatic rings. The Morgan fingerprint density at radius 1 is 1.40 bits per heavy atom. The second kappa shape index (κ2) is 9.98. The molecule has 162 valence electrons. The molecular formula is C17H17ClF2N4O5S. The first-order valence-electron chi connectivity index (χ1n) is 8.71. The van der Waals surface area contributed by atoms with Crippen molar-refractivity contribution >= 4 is 40.1 Å². The number of carbonyl (C=O) groups excluding carboxylic acids is 1. The Balaban J connectivity index is 1.63. The van der Waals surface area contributed by atoms with Gasteiger partial charge in [0.25, 0.3) is 0 Å². The lowest BCUT2D eigenvalue weighted by Crippen LogP contribution is -2.46. The zero-order valence-corrected chi connectivity index (χ0v) is 16.9. The number of carboxylic acid groups (broad SMARTS) is 1. The van der Waals surface area contributed by atoms with Crippen LogP contribution in [0.4, 0.5) is 18.6 Å². The smallest absolute Gasteiger partial charge is 0.344 e. The van der Waals surface area contributed by atoms with E-state index in [1.165, 1.54) is 0 Å². The van der Waals surface area contributed by atoms with Crippen molar-refractivity contribution in [1.82, 2.24) is 15.0 Å². The highest BCUT2D eigenvalue weighted by atomic mass is 35.5.